The van der Waals surface area contributed by atoms with Crippen LogP contribution in [0, 0.1) is 5.82 Å². The average Bonchev–Trinajstić information content (AvgIpc) is 2.68. The van der Waals surface area contributed by atoms with Crippen molar-refractivity contribution in [3.63, 3.8) is 0 Å². The minimum absolute atomic E-state index is 0.0259. The van der Waals surface area contributed by atoms with Crippen LogP contribution in [0.5, 0.6) is 0 Å². The Bertz CT molecular complexity index is 791. The second-order valence-electron chi connectivity index (χ2n) is 5.92. The fourth-order valence-corrected chi connectivity index (χ4v) is 2.72. The molecule has 5 nitrogen and oxygen atoms in total. The molecule has 3 rings (SSSR count). The summed E-state index contributed by atoms with van der Waals surface area (Å²) in [6, 6.07) is 13.1. The lowest BCUT2D eigenvalue weighted by Gasteiger charge is -2.29. The van der Waals surface area contributed by atoms with Crippen LogP contribution in [-0.2, 0) is 16.1 Å². The molecular weight excluding hydrogens is 309 g/mol. The number of anilines is 2. The number of para-hydroxylation sites is 2. The number of nitrogens with zero attached hydrogens (tertiary/aromatic N) is 1. The summed E-state index contributed by atoms with van der Waals surface area (Å²) in [5, 5.41) is 3.08. The maximum absolute atomic E-state index is 13.1. The highest BCUT2D eigenvalue weighted by Crippen LogP contribution is 2.32. The molecule has 1 aliphatic rings. The summed E-state index contributed by atoms with van der Waals surface area (Å²) in [5.41, 5.74) is 6.60. The molecule has 0 fully saturated rings. The smallest absolute Gasteiger partial charge is 0.256 e. The van der Waals surface area contributed by atoms with E-state index in [-0.39, 0.29) is 18.9 Å². The molecule has 0 aromatic heterocycles. The van der Waals surface area contributed by atoms with Crippen LogP contribution in [0.15, 0.2) is 48.5 Å². The molecule has 24 heavy (non-hydrogen) atoms. The number of hydrogen-bond donors (Lipinski definition) is 2. The number of amides is 1. The standard InChI is InChI=1S/C18H18FN3O2/c1-12(23)18(20)11-21-15-4-2-3-5-16(15)22(17(18)24)10-13-6-8-14(19)9-7-13/h2-9,21H,10-11,20H2,1H3. The summed E-state index contributed by atoms with van der Waals surface area (Å²) in [4.78, 5) is 26.5. The Kier molecular flexibility index (Phi) is 4.07. The largest absolute Gasteiger partial charge is 0.380 e. The van der Waals surface area contributed by atoms with Gasteiger partial charge in [-0.15, -0.1) is 0 Å². The van der Waals surface area contributed by atoms with E-state index >= 15 is 0 Å². The zero-order chi connectivity index (χ0) is 17.3. The van der Waals surface area contributed by atoms with E-state index in [1.807, 2.05) is 18.2 Å². The summed E-state index contributed by atoms with van der Waals surface area (Å²) in [5.74, 6) is -1.23. The molecule has 6 heteroatoms. The lowest BCUT2D eigenvalue weighted by molar-refractivity contribution is -0.132. The summed E-state index contributed by atoms with van der Waals surface area (Å²) in [6.07, 6.45) is 0. The molecule has 0 saturated heterocycles. The van der Waals surface area contributed by atoms with Crippen molar-refractivity contribution in [1.29, 1.82) is 0 Å². The molecular formula is C18H18FN3O2. The fourth-order valence-electron chi connectivity index (χ4n) is 2.72. The number of nitrogens with two attached hydrogens (primary N) is 1. The number of hydrogen-bond acceptors (Lipinski definition) is 4. The van der Waals surface area contributed by atoms with Crippen molar-refractivity contribution in [2.24, 2.45) is 5.73 Å². The summed E-state index contributed by atoms with van der Waals surface area (Å²) in [7, 11) is 0. The molecule has 3 N–H and O–H groups in total. The maximum Gasteiger partial charge on any atom is 0.256 e. The predicted octanol–water partition coefficient (Wildman–Crippen LogP) is 2.07. The first-order chi connectivity index (χ1) is 11.4. The third-order valence-corrected chi connectivity index (χ3v) is 4.26. The number of nitrogens with one attached hydrogen (secondary N) is 1. The Morgan fingerprint density at radius 2 is 1.92 bits per heavy atom. The summed E-state index contributed by atoms with van der Waals surface area (Å²) >= 11 is 0. The molecule has 1 heterocycles. The van der Waals surface area contributed by atoms with Crippen LogP contribution in [0.4, 0.5) is 15.8 Å². The van der Waals surface area contributed by atoms with Crippen molar-refractivity contribution >= 4 is 23.1 Å². The molecule has 0 bridgehead atoms. The van der Waals surface area contributed by atoms with Crippen LogP contribution >= 0.6 is 0 Å². The van der Waals surface area contributed by atoms with E-state index in [1.54, 1.807) is 18.2 Å². The highest BCUT2D eigenvalue weighted by Gasteiger charge is 2.44. The molecule has 1 unspecified atom stereocenters. The Hall–Kier alpha value is -2.73. The zero-order valence-corrected chi connectivity index (χ0v) is 13.3. The van der Waals surface area contributed by atoms with Crippen molar-refractivity contribution in [3.05, 3.63) is 59.9 Å². The normalized spacial score (nSPS) is 20.1. The van der Waals surface area contributed by atoms with E-state index in [1.165, 1.54) is 24.0 Å². The Morgan fingerprint density at radius 3 is 2.58 bits per heavy atom. The molecule has 1 atom stereocenters. The lowest BCUT2D eigenvalue weighted by Crippen LogP contribution is -2.62. The lowest BCUT2D eigenvalue weighted by atomic mass is 9.94. The van der Waals surface area contributed by atoms with E-state index < -0.39 is 17.2 Å². The third kappa shape index (κ3) is 2.76. The first-order valence-corrected chi connectivity index (χ1v) is 7.61. The number of carbonyl (C=O) groups excluding carboxylic acids is 2. The van der Waals surface area contributed by atoms with E-state index in [0.717, 1.165) is 11.3 Å². The molecule has 0 radical (unpaired) electrons. The second-order valence-corrected chi connectivity index (χ2v) is 5.92. The molecule has 124 valence electrons. The van der Waals surface area contributed by atoms with Gasteiger partial charge < -0.3 is 16.0 Å². The summed E-state index contributed by atoms with van der Waals surface area (Å²) in [6.45, 7) is 1.54. The fraction of sp³-hybridized carbons (Fsp3) is 0.222. The van der Waals surface area contributed by atoms with Gasteiger partial charge in [-0.1, -0.05) is 24.3 Å². The maximum atomic E-state index is 13.1. The number of benzene rings is 2. The third-order valence-electron chi connectivity index (χ3n) is 4.26. The monoisotopic (exact) mass is 327 g/mol. The van der Waals surface area contributed by atoms with Crippen LogP contribution in [0.2, 0.25) is 0 Å². The van der Waals surface area contributed by atoms with Gasteiger partial charge in [-0.05, 0) is 36.8 Å². The molecule has 0 saturated carbocycles. The second kappa shape index (κ2) is 6.05. The van der Waals surface area contributed by atoms with Crippen LogP contribution in [0.3, 0.4) is 0 Å². The van der Waals surface area contributed by atoms with Gasteiger partial charge in [0.05, 0.1) is 17.9 Å². The van der Waals surface area contributed by atoms with Crippen LogP contribution in [0.25, 0.3) is 0 Å². The van der Waals surface area contributed by atoms with Gasteiger partial charge in [-0.3, -0.25) is 9.59 Å². The molecule has 0 aliphatic carbocycles. The molecule has 0 spiro atoms. The average molecular weight is 327 g/mol. The van der Waals surface area contributed by atoms with E-state index in [2.05, 4.69) is 5.32 Å². The van der Waals surface area contributed by atoms with E-state index in [0.29, 0.717) is 5.69 Å². The van der Waals surface area contributed by atoms with Gasteiger partial charge in [0.1, 0.15) is 5.82 Å². The first kappa shape index (κ1) is 16.1. The number of carbonyl (C=O) groups is 2. The van der Waals surface area contributed by atoms with Gasteiger partial charge in [-0.2, -0.15) is 0 Å². The highest BCUT2D eigenvalue weighted by atomic mass is 19.1. The molecule has 1 amide bonds. The predicted molar refractivity (Wildman–Crippen MR) is 90.1 cm³/mol. The van der Waals surface area contributed by atoms with E-state index in [9.17, 15) is 14.0 Å². The zero-order valence-electron chi connectivity index (χ0n) is 13.3. The Balaban J connectivity index is 2.05. The van der Waals surface area contributed by atoms with Crippen molar-refractivity contribution in [2.45, 2.75) is 19.0 Å². The topological polar surface area (TPSA) is 75.4 Å². The van der Waals surface area contributed by atoms with Gasteiger partial charge in [-0.25, -0.2) is 4.39 Å². The Labute approximate surface area is 139 Å². The minimum atomic E-state index is -1.64. The van der Waals surface area contributed by atoms with Crippen LogP contribution < -0.4 is 16.0 Å². The number of halogens is 1. The van der Waals surface area contributed by atoms with Crippen LogP contribution in [0.1, 0.15) is 12.5 Å². The number of rotatable bonds is 3. The van der Waals surface area contributed by atoms with Gasteiger partial charge in [0.2, 0.25) is 0 Å². The van der Waals surface area contributed by atoms with E-state index in [4.69, 9.17) is 5.73 Å². The molecule has 1 aliphatic heterocycles. The van der Waals surface area contributed by atoms with Gasteiger partial charge in [0.25, 0.3) is 5.91 Å². The quantitative estimate of drug-likeness (QED) is 0.846. The van der Waals surface area contributed by atoms with Crippen molar-refractivity contribution < 1.29 is 14.0 Å². The minimum Gasteiger partial charge on any atom is -0.380 e. The Morgan fingerprint density at radius 1 is 1.25 bits per heavy atom. The highest BCUT2D eigenvalue weighted by molar-refractivity contribution is 6.17. The molecule has 2 aromatic rings. The number of ketones is 1. The number of Topliss-reactive ketones (excluding diaryl/α,β-unsaturated/α-hetero) is 1. The number of fused-ring (bicyclic) bond motifs is 1. The van der Waals surface area contributed by atoms with Crippen molar-refractivity contribution in [1.82, 2.24) is 0 Å². The van der Waals surface area contributed by atoms with Crippen molar-refractivity contribution in [3.8, 4) is 0 Å². The van der Waals surface area contributed by atoms with Gasteiger partial charge in [0.15, 0.2) is 11.3 Å². The van der Waals surface area contributed by atoms with Crippen LogP contribution in [-0.4, -0.2) is 23.8 Å². The SMILES string of the molecule is CC(=O)C1(N)CNc2ccccc2N(Cc2ccc(F)cc2)C1=O. The van der Waals surface area contributed by atoms with Gasteiger partial charge in [0, 0.05) is 6.54 Å². The first-order valence-electron chi connectivity index (χ1n) is 7.61. The summed E-state index contributed by atoms with van der Waals surface area (Å²) < 4.78 is 13.1. The van der Waals surface area contributed by atoms with Crippen molar-refractivity contribution in [2.75, 3.05) is 16.8 Å². The van der Waals surface area contributed by atoms with Gasteiger partial charge >= 0.3 is 0 Å². The molecule has 2 aromatic carbocycles.